The molecule has 2 fully saturated rings. The van der Waals surface area contributed by atoms with Crippen LogP contribution in [0.15, 0.2) is 5.10 Å². The van der Waals surface area contributed by atoms with Gasteiger partial charge in [0.15, 0.2) is 0 Å². The Hall–Kier alpha value is -1.43. The third-order valence-electron chi connectivity index (χ3n) is 4.01. The Kier molecular flexibility index (Phi) is 4.90. The number of nitrogens with zero attached hydrogens (tertiary/aromatic N) is 2. The molecular formula is C13H22N4O2. The van der Waals surface area contributed by atoms with Crippen molar-refractivity contribution in [2.45, 2.75) is 51.0 Å². The molecule has 0 radical (unpaired) electrons. The number of piperidine rings is 1. The van der Waals surface area contributed by atoms with Gasteiger partial charge in [-0.05, 0) is 12.8 Å². The molecule has 0 unspecified atom stereocenters. The summed E-state index contributed by atoms with van der Waals surface area (Å²) in [7, 11) is 0. The van der Waals surface area contributed by atoms with Gasteiger partial charge >= 0.3 is 11.8 Å². The topological polar surface area (TPSA) is 87.8 Å². The Morgan fingerprint density at radius 1 is 1.16 bits per heavy atom. The van der Waals surface area contributed by atoms with Gasteiger partial charge in [-0.3, -0.25) is 14.5 Å². The minimum absolute atomic E-state index is 0.732. The van der Waals surface area contributed by atoms with E-state index in [1.165, 1.54) is 32.1 Å². The van der Waals surface area contributed by atoms with Crippen LogP contribution in [-0.4, -0.2) is 41.6 Å². The lowest BCUT2D eigenvalue weighted by Crippen LogP contribution is -2.43. The summed E-state index contributed by atoms with van der Waals surface area (Å²) in [5.41, 5.74) is 7.99. The summed E-state index contributed by atoms with van der Waals surface area (Å²) in [6, 6.07) is 0.732. The highest BCUT2D eigenvalue weighted by Gasteiger charge is 2.24. The average Bonchev–Trinajstić information content (AvgIpc) is 2.46. The van der Waals surface area contributed by atoms with E-state index in [9.17, 15) is 9.59 Å². The first-order valence-electron chi connectivity index (χ1n) is 7.06. The molecule has 0 spiro atoms. The lowest BCUT2D eigenvalue weighted by Gasteiger charge is -2.37. The molecule has 0 atom stereocenters. The van der Waals surface area contributed by atoms with Crippen LogP contribution in [0.2, 0.25) is 0 Å². The van der Waals surface area contributed by atoms with Crippen LogP contribution < -0.4 is 11.2 Å². The molecule has 0 aromatic heterocycles. The predicted molar refractivity (Wildman–Crippen MR) is 72.5 cm³/mol. The van der Waals surface area contributed by atoms with Crippen molar-refractivity contribution in [2.24, 2.45) is 10.8 Å². The normalized spacial score (nSPS) is 22.0. The summed E-state index contributed by atoms with van der Waals surface area (Å²) in [6.45, 7) is 1.99. The maximum Gasteiger partial charge on any atom is 0.329 e. The molecular weight excluding hydrogens is 244 g/mol. The van der Waals surface area contributed by atoms with Crippen LogP contribution in [0, 0.1) is 0 Å². The van der Waals surface area contributed by atoms with Crippen LogP contribution in [0.4, 0.5) is 0 Å². The smallest absolute Gasteiger partial charge is 0.329 e. The monoisotopic (exact) mass is 266 g/mol. The number of nitrogens with one attached hydrogen (secondary N) is 1. The Morgan fingerprint density at radius 3 is 2.37 bits per heavy atom. The third kappa shape index (κ3) is 4.02. The molecule has 1 saturated heterocycles. The molecule has 1 heterocycles. The van der Waals surface area contributed by atoms with Crippen LogP contribution >= 0.6 is 0 Å². The van der Waals surface area contributed by atoms with Crippen LogP contribution in [0.1, 0.15) is 44.9 Å². The van der Waals surface area contributed by atoms with Gasteiger partial charge in [-0.1, -0.05) is 19.3 Å². The van der Waals surface area contributed by atoms with Crippen molar-refractivity contribution in [3.63, 3.8) is 0 Å². The van der Waals surface area contributed by atoms with E-state index in [0.717, 1.165) is 37.7 Å². The number of primary amides is 1. The molecule has 2 amide bonds. The molecule has 6 heteroatoms. The molecule has 0 bridgehead atoms. The van der Waals surface area contributed by atoms with E-state index in [-0.39, 0.29) is 0 Å². The highest BCUT2D eigenvalue weighted by molar-refractivity contribution is 6.34. The van der Waals surface area contributed by atoms with E-state index in [2.05, 4.69) is 15.4 Å². The Bertz CT molecular complexity index is 365. The maximum absolute atomic E-state index is 11.0. The minimum Gasteiger partial charge on any atom is -0.361 e. The zero-order valence-electron chi connectivity index (χ0n) is 11.2. The predicted octanol–water partition coefficient (Wildman–Crippen LogP) is 0.372. The van der Waals surface area contributed by atoms with E-state index in [1.54, 1.807) is 0 Å². The van der Waals surface area contributed by atoms with Crippen molar-refractivity contribution in [3.8, 4) is 0 Å². The van der Waals surface area contributed by atoms with Crippen molar-refractivity contribution in [1.29, 1.82) is 0 Å². The van der Waals surface area contributed by atoms with E-state index in [1.807, 2.05) is 0 Å². The molecule has 2 rings (SSSR count). The summed E-state index contributed by atoms with van der Waals surface area (Å²) >= 11 is 0. The number of carbonyl (C=O) groups excluding carboxylic acids is 2. The molecule has 6 nitrogen and oxygen atoms in total. The molecule has 19 heavy (non-hydrogen) atoms. The molecule has 1 saturated carbocycles. The summed E-state index contributed by atoms with van der Waals surface area (Å²) in [5.74, 6) is -1.84. The van der Waals surface area contributed by atoms with Crippen LogP contribution in [-0.2, 0) is 9.59 Å². The quantitative estimate of drug-likeness (QED) is 0.559. The van der Waals surface area contributed by atoms with Gasteiger partial charge in [0.2, 0.25) is 0 Å². The van der Waals surface area contributed by atoms with Crippen molar-refractivity contribution in [2.75, 3.05) is 13.1 Å². The molecule has 0 aromatic carbocycles. The maximum atomic E-state index is 11.0. The number of hydrazone groups is 1. The number of nitrogens with two attached hydrogens (primary N) is 1. The second-order valence-electron chi connectivity index (χ2n) is 5.31. The number of rotatable bonds is 2. The van der Waals surface area contributed by atoms with Gasteiger partial charge < -0.3 is 5.73 Å². The molecule has 2 aliphatic rings. The van der Waals surface area contributed by atoms with Gasteiger partial charge in [0, 0.05) is 37.7 Å². The highest BCUT2D eigenvalue weighted by Crippen LogP contribution is 2.24. The van der Waals surface area contributed by atoms with E-state index >= 15 is 0 Å². The van der Waals surface area contributed by atoms with Gasteiger partial charge in [0.25, 0.3) is 0 Å². The van der Waals surface area contributed by atoms with Crippen LogP contribution in [0.5, 0.6) is 0 Å². The fourth-order valence-electron chi connectivity index (χ4n) is 2.89. The van der Waals surface area contributed by atoms with Crippen molar-refractivity contribution < 1.29 is 9.59 Å². The fourth-order valence-corrected chi connectivity index (χ4v) is 2.89. The number of amides is 2. The second-order valence-corrected chi connectivity index (χ2v) is 5.31. The molecule has 1 aliphatic heterocycles. The van der Waals surface area contributed by atoms with E-state index in [4.69, 9.17) is 5.73 Å². The Morgan fingerprint density at radius 2 is 1.79 bits per heavy atom. The van der Waals surface area contributed by atoms with Gasteiger partial charge in [-0.15, -0.1) is 0 Å². The molecule has 3 N–H and O–H groups in total. The number of carbonyl (C=O) groups is 2. The van der Waals surface area contributed by atoms with Gasteiger partial charge in [0.05, 0.1) is 0 Å². The molecule has 0 aromatic rings. The van der Waals surface area contributed by atoms with Gasteiger partial charge in [0.1, 0.15) is 0 Å². The third-order valence-corrected chi connectivity index (χ3v) is 4.01. The zero-order valence-corrected chi connectivity index (χ0v) is 11.2. The Labute approximate surface area is 113 Å². The van der Waals surface area contributed by atoms with Gasteiger partial charge in [-0.2, -0.15) is 5.10 Å². The number of likely N-dealkylation sites (tertiary alicyclic amines) is 1. The van der Waals surface area contributed by atoms with Crippen molar-refractivity contribution >= 4 is 17.5 Å². The van der Waals surface area contributed by atoms with E-state index < -0.39 is 11.8 Å². The fraction of sp³-hybridized carbons (Fsp3) is 0.769. The number of hydrogen-bond acceptors (Lipinski definition) is 4. The lowest BCUT2D eigenvalue weighted by atomic mass is 9.92. The van der Waals surface area contributed by atoms with Crippen LogP contribution in [0.25, 0.3) is 0 Å². The Balaban J connectivity index is 1.76. The molecule has 1 aliphatic carbocycles. The standard InChI is InChI=1S/C13H22N4O2/c14-12(18)13(19)16-15-10-6-8-17(9-7-10)11-4-2-1-3-5-11/h11H,1-9H2,(H2,14,18)(H,16,19). The average molecular weight is 266 g/mol. The zero-order chi connectivity index (χ0) is 13.7. The summed E-state index contributed by atoms with van der Waals surface area (Å²) in [4.78, 5) is 24.1. The first-order chi connectivity index (χ1) is 9.16. The minimum atomic E-state index is -0.996. The summed E-state index contributed by atoms with van der Waals surface area (Å²) in [6.07, 6.45) is 8.39. The van der Waals surface area contributed by atoms with Crippen molar-refractivity contribution in [1.82, 2.24) is 10.3 Å². The van der Waals surface area contributed by atoms with E-state index in [0.29, 0.717) is 0 Å². The lowest BCUT2D eigenvalue weighted by molar-refractivity contribution is -0.137. The number of hydrogen-bond donors (Lipinski definition) is 2. The second kappa shape index (κ2) is 6.65. The van der Waals surface area contributed by atoms with Crippen molar-refractivity contribution in [3.05, 3.63) is 0 Å². The van der Waals surface area contributed by atoms with Crippen LogP contribution in [0.3, 0.4) is 0 Å². The largest absolute Gasteiger partial charge is 0.361 e. The highest BCUT2D eigenvalue weighted by atomic mass is 16.2. The molecule has 106 valence electrons. The van der Waals surface area contributed by atoms with Gasteiger partial charge in [-0.25, -0.2) is 5.43 Å². The SMILES string of the molecule is NC(=O)C(=O)NN=C1CCN(C2CCCCC2)CC1. The summed E-state index contributed by atoms with van der Waals surface area (Å²) in [5, 5.41) is 3.97. The summed E-state index contributed by atoms with van der Waals surface area (Å²) < 4.78 is 0. The first kappa shape index (κ1) is 14.0. The first-order valence-corrected chi connectivity index (χ1v) is 7.06.